The zero-order valence-electron chi connectivity index (χ0n) is 11.3. The molecule has 0 aliphatic rings. The van der Waals surface area contributed by atoms with E-state index in [2.05, 4.69) is 5.32 Å². The summed E-state index contributed by atoms with van der Waals surface area (Å²) in [6, 6.07) is 8.06. The first kappa shape index (κ1) is 17.3. The molecule has 0 bridgehead atoms. The Morgan fingerprint density at radius 1 is 1.04 bits per heavy atom. The fourth-order valence-electron chi connectivity index (χ4n) is 1.81. The van der Waals surface area contributed by atoms with Crippen molar-refractivity contribution in [2.45, 2.75) is 6.18 Å². The van der Waals surface area contributed by atoms with Gasteiger partial charge in [0.25, 0.3) is 5.91 Å². The minimum atomic E-state index is -4.48. The van der Waals surface area contributed by atoms with Crippen LogP contribution in [0.3, 0.4) is 0 Å². The second-order valence-electron chi connectivity index (χ2n) is 4.52. The molecule has 0 unspecified atom stereocenters. The van der Waals surface area contributed by atoms with Crippen LogP contribution in [0.5, 0.6) is 0 Å². The SMILES string of the molecule is O=C(Nc1ccc(I)cc1C(=O)O)c1ccc(C(F)(F)F)cc1. The number of carbonyl (C=O) groups is 2. The smallest absolute Gasteiger partial charge is 0.416 e. The Labute approximate surface area is 142 Å². The van der Waals surface area contributed by atoms with Crippen molar-refractivity contribution in [1.82, 2.24) is 0 Å². The van der Waals surface area contributed by atoms with Crippen LogP contribution in [0.25, 0.3) is 0 Å². The standard InChI is InChI=1S/C15H9F3INO3/c16-15(17,18)9-3-1-8(2-4-9)13(21)20-12-6-5-10(19)7-11(12)14(22)23/h1-7H,(H,20,21)(H,22,23). The number of halogens is 4. The molecule has 0 fully saturated rings. The molecule has 4 nitrogen and oxygen atoms in total. The molecular formula is C15H9F3INO3. The van der Waals surface area contributed by atoms with E-state index in [4.69, 9.17) is 5.11 Å². The highest BCUT2D eigenvalue weighted by atomic mass is 127. The van der Waals surface area contributed by atoms with Crippen LogP contribution in [-0.2, 0) is 6.18 Å². The van der Waals surface area contributed by atoms with E-state index in [1.165, 1.54) is 12.1 Å². The Bertz CT molecular complexity index is 758. The van der Waals surface area contributed by atoms with E-state index < -0.39 is 23.6 Å². The van der Waals surface area contributed by atoms with Crippen LogP contribution in [0.1, 0.15) is 26.3 Å². The maximum atomic E-state index is 12.5. The lowest BCUT2D eigenvalue weighted by Crippen LogP contribution is -2.15. The highest BCUT2D eigenvalue weighted by molar-refractivity contribution is 14.1. The quantitative estimate of drug-likeness (QED) is 0.709. The summed E-state index contributed by atoms with van der Waals surface area (Å²) in [6.07, 6.45) is -4.48. The average molecular weight is 435 g/mol. The summed E-state index contributed by atoms with van der Waals surface area (Å²) in [5.41, 5.74) is -0.901. The topological polar surface area (TPSA) is 66.4 Å². The number of alkyl halides is 3. The molecule has 0 atom stereocenters. The number of benzene rings is 2. The molecule has 120 valence electrons. The number of hydrogen-bond acceptors (Lipinski definition) is 2. The van der Waals surface area contributed by atoms with Gasteiger partial charge < -0.3 is 10.4 Å². The Hall–Kier alpha value is -2.10. The molecule has 0 saturated carbocycles. The normalized spacial score (nSPS) is 11.1. The molecule has 1 amide bonds. The largest absolute Gasteiger partial charge is 0.478 e. The molecule has 0 heterocycles. The first-order valence-electron chi connectivity index (χ1n) is 6.20. The molecule has 8 heteroatoms. The summed E-state index contributed by atoms with van der Waals surface area (Å²) in [5.74, 6) is -1.91. The zero-order chi connectivity index (χ0) is 17.2. The number of carbonyl (C=O) groups excluding carboxylic acids is 1. The second-order valence-corrected chi connectivity index (χ2v) is 5.77. The summed E-state index contributed by atoms with van der Waals surface area (Å²) in [7, 11) is 0. The summed E-state index contributed by atoms with van der Waals surface area (Å²) >= 11 is 1.93. The van der Waals surface area contributed by atoms with Gasteiger partial charge in [-0.05, 0) is 65.1 Å². The lowest BCUT2D eigenvalue weighted by atomic mass is 10.1. The third-order valence-corrected chi connectivity index (χ3v) is 3.61. The van der Waals surface area contributed by atoms with Crippen LogP contribution in [0, 0.1) is 3.57 Å². The number of hydrogen-bond donors (Lipinski definition) is 2. The van der Waals surface area contributed by atoms with Gasteiger partial charge >= 0.3 is 12.1 Å². The van der Waals surface area contributed by atoms with Crippen molar-refractivity contribution in [2.24, 2.45) is 0 Å². The van der Waals surface area contributed by atoms with Gasteiger partial charge in [0.2, 0.25) is 0 Å². The Morgan fingerprint density at radius 2 is 1.65 bits per heavy atom. The summed E-state index contributed by atoms with van der Waals surface area (Å²) in [4.78, 5) is 23.2. The van der Waals surface area contributed by atoms with E-state index in [1.807, 2.05) is 22.6 Å². The number of anilines is 1. The van der Waals surface area contributed by atoms with E-state index in [-0.39, 0.29) is 16.8 Å². The molecule has 0 aliphatic heterocycles. The van der Waals surface area contributed by atoms with Crippen LogP contribution < -0.4 is 5.32 Å². The van der Waals surface area contributed by atoms with Gasteiger partial charge in [-0.1, -0.05) is 0 Å². The van der Waals surface area contributed by atoms with Crippen molar-refractivity contribution in [3.05, 3.63) is 62.7 Å². The van der Waals surface area contributed by atoms with Gasteiger partial charge in [-0.25, -0.2) is 4.79 Å². The molecular weight excluding hydrogens is 426 g/mol. The Kier molecular flexibility index (Phi) is 4.93. The van der Waals surface area contributed by atoms with Crippen molar-refractivity contribution >= 4 is 40.2 Å². The maximum Gasteiger partial charge on any atom is 0.416 e. The minimum Gasteiger partial charge on any atom is -0.478 e. The Balaban J connectivity index is 2.24. The lowest BCUT2D eigenvalue weighted by molar-refractivity contribution is -0.137. The molecule has 2 aromatic rings. The van der Waals surface area contributed by atoms with Gasteiger partial charge in [0.05, 0.1) is 16.8 Å². The van der Waals surface area contributed by atoms with Gasteiger partial charge in [-0.2, -0.15) is 13.2 Å². The molecule has 2 rings (SSSR count). The van der Waals surface area contributed by atoms with Crippen LogP contribution in [0.15, 0.2) is 42.5 Å². The summed E-state index contributed by atoms with van der Waals surface area (Å²) in [6.45, 7) is 0. The van der Waals surface area contributed by atoms with Crippen molar-refractivity contribution in [3.8, 4) is 0 Å². The zero-order valence-corrected chi connectivity index (χ0v) is 13.5. The van der Waals surface area contributed by atoms with Crippen LogP contribution >= 0.6 is 22.6 Å². The van der Waals surface area contributed by atoms with Crippen molar-refractivity contribution < 1.29 is 27.9 Å². The predicted octanol–water partition coefficient (Wildman–Crippen LogP) is 4.26. The molecule has 2 aromatic carbocycles. The molecule has 23 heavy (non-hydrogen) atoms. The summed E-state index contributed by atoms with van der Waals surface area (Å²) in [5, 5.41) is 11.5. The minimum absolute atomic E-state index is 0.00658. The van der Waals surface area contributed by atoms with E-state index in [1.54, 1.807) is 6.07 Å². The van der Waals surface area contributed by atoms with E-state index in [9.17, 15) is 22.8 Å². The van der Waals surface area contributed by atoms with Gasteiger partial charge in [0, 0.05) is 9.13 Å². The van der Waals surface area contributed by atoms with E-state index >= 15 is 0 Å². The lowest BCUT2D eigenvalue weighted by Gasteiger charge is -2.10. The fourth-order valence-corrected chi connectivity index (χ4v) is 2.30. The van der Waals surface area contributed by atoms with E-state index in [0.29, 0.717) is 3.57 Å². The van der Waals surface area contributed by atoms with Gasteiger partial charge in [0.1, 0.15) is 0 Å². The number of carboxylic acid groups (broad SMARTS) is 1. The van der Waals surface area contributed by atoms with Crippen molar-refractivity contribution in [2.75, 3.05) is 5.32 Å². The third kappa shape index (κ3) is 4.21. The number of aromatic carboxylic acids is 1. The molecule has 0 saturated heterocycles. The first-order chi connectivity index (χ1) is 10.7. The van der Waals surface area contributed by atoms with Gasteiger partial charge in [0.15, 0.2) is 0 Å². The number of nitrogens with one attached hydrogen (secondary N) is 1. The van der Waals surface area contributed by atoms with Gasteiger partial charge in [-0.15, -0.1) is 0 Å². The fraction of sp³-hybridized carbons (Fsp3) is 0.0667. The second kappa shape index (κ2) is 6.57. The molecule has 0 aromatic heterocycles. The molecule has 0 radical (unpaired) electrons. The van der Waals surface area contributed by atoms with Crippen LogP contribution in [0.2, 0.25) is 0 Å². The summed E-state index contributed by atoms with van der Waals surface area (Å²) < 4.78 is 38.1. The highest BCUT2D eigenvalue weighted by Crippen LogP contribution is 2.29. The monoisotopic (exact) mass is 435 g/mol. The van der Waals surface area contributed by atoms with Crippen molar-refractivity contribution in [3.63, 3.8) is 0 Å². The van der Waals surface area contributed by atoms with Crippen LogP contribution in [0.4, 0.5) is 18.9 Å². The Morgan fingerprint density at radius 3 is 2.17 bits per heavy atom. The molecule has 0 aliphatic carbocycles. The predicted molar refractivity (Wildman–Crippen MR) is 85.5 cm³/mol. The average Bonchev–Trinajstić information content (AvgIpc) is 2.48. The molecule has 2 N–H and O–H groups in total. The molecule has 0 spiro atoms. The van der Waals surface area contributed by atoms with Crippen LogP contribution in [-0.4, -0.2) is 17.0 Å². The van der Waals surface area contributed by atoms with E-state index in [0.717, 1.165) is 24.3 Å². The number of rotatable bonds is 3. The maximum absolute atomic E-state index is 12.5. The third-order valence-electron chi connectivity index (χ3n) is 2.93. The first-order valence-corrected chi connectivity index (χ1v) is 7.28. The number of amides is 1. The van der Waals surface area contributed by atoms with Crippen molar-refractivity contribution in [1.29, 1.82) is 0 Å². The number of carboxylic acids is 1. The van der Waals surface area contributed by atoms with Gasteiger partial charge in [-0.3, -0.25) is 4.79 Å². The highest BCUT2D eigenvalue weighted by Gasteiger charge is 2.30.